The molecule has 0 radical (unpaired) electrons. The Morgan fingerprint density at radius 1 is 1.18 bits per heavy atom. The van der Waals surface area contributed by atoms with E-state index >= 15 is 0 Å². The first kappa shape index (κ1) is 23.8. The van der Waals surface area contributed by atoms with E-state index in [9.17, 15) is 14.4 Å². The van der Waals surface area contributed by atoms with E-state index in [2.05, 4.69) is 26.2 Å². The quantitative estimate of drug-likeness (QED) is 0.236. The minimum Gasteiger partial charge on any atom is -0.462 e. The van der Waals surface area contributed by atoms with Gasteiger partial charge in [-0.1, -0.05) is 47.5 Å². The Balaban J connectivity index is 1.51. The molecule has 2 heterocycles. The third-order valence-corrected chi connectivity index (χ3v) is 6.56. The third kappa shape index (κ3) is 5.43. The normalized spacial score (nSPS) is 10.9. The van der Waals surface area contributed by atoms with Gasteiger partial charge < -0.3 is 10.1 Å². The summed E-state index contributed by atoms with van der Waals surface area (Å²) in [6.07, 6.45) is 3.11. The van der Waals surface area contributed by atoms with Crippen LogP contribution in [0.2, 0.25) is 0 Å². The predicted octanol–water partition coefficient (Wildman–Crippen LogP) is 5.48. The summed E-state index contributed by atoms with van der Waals surface area (Å²) in [4.78, 5) is 43.0. The Bertz CT molecular complexity index is 1400. The summed E-state index contributed by atoms with van der Waals surface area (Å²) < 4.78 is 7.45. The molecule has 0 bridgehead atoms. The molecule has 2 aromatic carbocycles. The standard InChI is InChI=1S/C25H22BrN3O4S/c1-2-3-11-33-25(32)17-5-4-6-19(12-17)28-21(30)13-29-15-27-23-22(24(29)31)20(14-34-23)16-7-9-18(26)10-8-16/h4-10,12,14-15H,2-3,11,13H2,1H3,(H,28,30). The van der Waals surface area contributed by atoms with Crippen molar-refractivity contribution in [3.05, 3.63) is 80.6 Å². The van der Waals surface area contributed by atoms with E-state index in [-0.39, 0.29) is 12.1 Å². The Labute approximate surface area is 208 Å². The van der Waals surface area contributed by atoms with Gasteiger partial charge in [0.05, 0.1) is 23.9 Å². The molecule has 4 rings (SSSR count). The van der Waals surface area contributed by atoms with Crippen LogP contribution in [0.3, 0.4) is 0 Å². The van der Waals surface area contributed by atoms with Crippen LogP contribution in [-0.4, -0.2) is 28.0 Å². The molecule has 7 nitrogen and oxygen atoms in total. The van der Waals surface area contributed by atoms with Crippen molar-refractivity contribution < 1.29 is 14.3 Å². The number of aromatic nitrogens is 2. The number of hydrogen-bond donors (Lipinski definition) is 1. The van der Waals surface area contributed by atoms with E-state index in [0.29, 0.717) is 28.1 Å². The number of ether oxygens (including phenoxy) is 1. The predicted molar refractivity (Wildman–Crippen MR) is 137 cm³/mol. The van der Waals surface area contributed by atoms with E-state index in [0.717, 1.165) is 28.4 Å². The van der Waals surface area contributed by atoms with Crippen LogP contribution in [0.4, 0.5) is 5.69 Å². The number of rotatable bonds is 8. The topological polar surface area (TPSA) is 90.3 Å². The van der Waals surface area contributed by atoms with Crippen molar-refractivity contribution in [1.82, 2.24) is 9.55 Å². The number of hydrogen-bond acceptors (Lipinski definition) is 6. The van der Waals surface area contributed by atoms with Crippen LogP contribution < -0.4 is 10.9 Å². The summed E-state index contributed by atoms with van der Waals surface area (Å²) in [7, 11) is 0. The number of anilines is 1. The lowest BCUT2D eigenvalue weighted by atomic mass is 10.1. The minimum absolute atomic E-state index is 0.206. The number of nitrogens with one attached hydrogen (secondary N) is 1. The Hall–Kier alpha value is -3.30. The highest BCUT2D eigenvalue weighted by Crippen LogP contribution is 2.31. The van der Waals surface area contributed by atoms with Gasteiger partial charge in [0, 0.05) is 21.1 Å². The monoisotopic (exact) mass is 539 g/mol. The smallest absolute Gasteiger partial charge is 0.338 e. The Morgan fingerprint density at radius 3 is 2.74 bits per heavy atom. The molecule has 4 aromatic rings. The molecule has 1 N–H and O–H groups in total. The fourth-order valence-electron chi connectivity index (χ4n) is 3.39. The van der Waals surface area contributed by atoms with Gasteiger partial charge in [-0.3, -0.25) is 14.2 Å². The van der Waals surface area contributed by atoms with Crippen molar-refractivity contribution in [3.8, 4) is 11.1 Å². The van der Waals surface area contributed by atoms with Gasteiger partial charge in [-0.05, 0) is 42.3 Å². The van der Waals surface area contributed by atoms with Gasteiger partial charge in [0.25, 0.3) is 5.56 Å². The van der Waals surface area contributed by atoms with Crippen LogP contribution >= 0.6 is 27.3 Å². The van der Waals surface area contributed by atoms with Crippen molar-refractivity contribution in [2.45, 2.75) is 26.3 Å². The number of halogens is 1. The van der Waals surface area contributed by atoms with Crippen LogP contribution in [0.5, 0.6) is 0 Å². The van der Waals surface area contributed by atoms with Crippen LogP contribution in [-0.2, 0) is 16.1 Å². The number of nitrogens with zero attached hydrogens (tertiary/aromatic N) is 2. The number of amides is 1. The fraction of sp³-hybridized carbons (Fsp3) is 0.200. The van der Waals surface area contributed by atoms with Gasteiger partial charge in [-0.2, -0.15) is 0 Å². The molecule has 0 aliphatic carbocycles. The van der Waals surface area contributed by atoms with Crippen LogP contribution in [0, 0.1) is 0 Å². The molecular weight excluding hydrogens is 518 g/mol. The fourth-order valence-corrected chi connectivity index (χ4v) is 4.56. The second kappa shape index (κ2) is 10.8. The SMILES string of the molecule is CCCCOC(=O)c1cccc(NC(=O)Cn2cnc3scc(-c4ccc(Br)cc4)c3c2=O)c1. The minimum atomic E-state index is -0.437. The van der Waals surface area contributed by atoms with Gasteiger partial charge in [-0.15, -0.1) is 11.3 Å². The van der Waals surface area contributed by atoms with Crippen LogP contribution in [0.25, 0.3) is 21.3 Å². The highest BCUT2D eigenvalue weighted by molar-refractivity contribution is 9.10. The zero-order chi connectivity index (χ0) is 24.1. The van der Waals surface area contributed by atoms with E-state index in [1.165, 1.54) is 22.2 Å². The number of benzene rings is 2. The number of unbranched alkanes of at least 4 members (excludes halogenated alkanes) is 1. The van der Waals surface area contributed by atoms with Gasteiger partial charge in [0.1, 0.15) is 11.4 Å². The van der Waals surface area contributed by atoms with Crippen molar-refractivity contribution >= 4 is 55.0 Å². The molecule has 0 aliphatic rings. The van der Waals surface area contributed by atoms with Crippen LogP contribution in [0.1, 0.15) is 30.1 Å². The lowest BCUT2D eigenvalue weighted by Gasteiger charge is -2.09. The summed E-state index contributed by atoms with van der Waals surface area (Å²) in [6.45, 7) is 2.17. The molecule has 34 heavy (non-hydrogen) atoms. The average molecular weight is 540 g/mol. The molecule has 0 unspecified atom stereocenters. The van der Waals surface area contributed by atoms with Gasteiger partial charge >= 0.3 is 5.97 Å². The highest BCUT2D eigenvalue weighted by Gasteiger charge is 2.15. The lowest BCUT2D eigenvalue weighted by Crippen LogP contribution is -2.27. The first-order chi connectivity index (χ1) is 16.5. The second-order valence-corrected chi connectivity index (χ2v) is 9.41. The maximum atomic E-state index is 13.2. The summed E-state index contributed by atoms with van der Waals surface area (Å²) >= 11 is 4.81. The summed E-state index contributed by atoms with van der Waals surface area (Å²) in [5.41, 5.74) is 2.20. The highest BCUT2D eigenvalue weighted by atomic mass is 79.9. The molecule has 0 aliphatic heterocycles. The molecule has 9 heteroatoms. The zero-order valence-electron chi connectivity index (χ0n) is 18.4. The molecule has 174 valence electrons. The van der Waals surface area contributed by atoms with Gasteiger partial charge in [0.15, 0.2) is 0 Å². The molecule has 0 saturated heterocycles. The molecular formula is C25H22BrN3O4S. The molecule has 0 fully saturated rings. The Kier molecular flexibility index (Phi) is 7.54. The van der Waals surface area contributed by atoms with E-state index in [1.54, 1.807) is 24.3 Å². The van der Waals surface area contributed by atoms with Crippen molar-refractivity contribution in [2.24, 2.45) is 0 Å². The number of esters is 1. The summed E-state index contributed by atoms with van der Waals surface area (Å²) in [5, 5.41) is 5.12. The largest absolute Gasteiger partial charge is 0.462 e. The Morgan fingerprint density at radius 2 is 1.97 bits per heavy atom. The number of carbonyl (C=O) groups excluding carboxylic acids is 2. The molecule has 0 spiro atoms. The van der Waals surface area contributed by atoms with Crippen molar-refractivity contribution in [3.63, 3.8) is 0 Å². The van der Waals surface area contributed by atoms with Crippen molar-refractivity contribution in [2.75, 3.05) is 11.9 Å². The molecule has 2 aromatic heterocycles. The van der Waals surface area contributed by atoms with E-state index in [1.807, 2.05) is 36.6 Å². The van der Waals surface area contributed by atoms with E-state index < -0.39 is 11.9 Å². The molecule has 0 atom stereocenters. The third-order valence-electron chi connectivity index (χ3n) is 5.14. The summed E-state index contributed by atoms with van der Waals surface area (Å²) in [6, 6.07) is 14.2. The van der Waals surface area contributed by atoms with Crippen molar-refractivity contribution in [1.29, 1.82) is 0 Å². The number of carbonyl (C=O) groups is 2. The first-order valence-electron chi connectivity index (χ1n) is 10.8. The molecule has 0 saturated carbocycles. The number of thiophene rings is 1. The first-order valence-corrected chi connectivity index (χ1v) is 12.4. The van der Waals surface area contributed by atoms with Gasteiger partial charge in [-0.25, -0.2) is 9.78 Å². The molecule has 1 amide bonds. The second-order valence-electron chi connectivity index (χ2n) is 7.63. The average Bonchev–Trinajstić information content (AvgIpc) is 3.26. The maximum absolute atomic E-state index is 13.2. The number of fused-ring (bicyclic) bond motifs is 1. The maximum Gasteiger partial charge on any atom is 0.338 e. The summed E-state index contributed by atoms with van der Waals surface area (Å²) in [5.74, 6) is -0.839. The van der Waals surface area contributed by atoms with Crippen LogP contribution in [0.15, 0.2) is 69.5 Å². The van der Waals surface area contributed by atoms with Gasteiger partial charge in [0.2, 0.25) is 5.91 Å². The lowest BCUT2D eigenvalue weighted by molar-refractivity contribution is -0.116. The van der Waals surface area contributed by atoms with E-state index in [4.69, 9.17) is 4.74 Å². The zero-order valence-corrected chi connectivity index (χ0v) is 20.8.